The minimum Gasteiger partial charge on any atom is -0.423 e. The van der Waals surface area contributed by atoms with Gasteiger partial charge in [-0.1, -0.05) is 15.9 Å². The van der Waals surface area contributed by atoms with Crippen LogP contribution in [0.15, 0.2) is 22.8 Å². The lowest BCUT2D eigenvalue weighted by molar-refractivity contribution is 0.426. The van der Waals surface area contributed by atoms with E-state index in [4.69, 9.17) is 10.0 Å². The molecular weight excluding hydrogens is 235 g/mol. The third-order valence-electron chi connectivity index (χ3n) is 1.83. The summed E-state index contributed by atoms with van der Waals surface area (Å²) in [5.41, 5.74) is 1.21. The van der Waals surface area contributed by atoms with Crippen LogP contribution in [0.1, 0.15) is 0 Å². The molecule has 2 rings (SSSR count). The van der Waals surface area contributed by atoms with E-state index in [-0.39, 0.29) is 0 Å². The number of nitrogens with zero attached hydrogens (tertiary/aromatic N) is 1. The van der Waals surface area contributed by atoms with Gasteiger partial charge in [0, 0.05) is 9.86 Å². The van der Waals surface area contributed by atoms with Gasteiger partial charge in [-0.2, -0.15) is 5.10 Å². The van der Waals surface area contributed by atoms with Gasteiger partial charge in [0.25, 0.3) is 0 Å². The lowest BCUT2D eigenvalue weighted by Crippen LogP contribution is -2.29. The summed E-state index contributed by atoms with van der Waals surface area (Å²) in [6.45, 7) is 0. The van der Waals surface area contributed by atoms with Gasteiger partial charge in [0.1, 0.15) is 0 Å². The molecule has 2 aromatic rings. The van der Waals surface area contributed by atoms with E-state index in [0.29, 0.717) is 5.46 Å². The molecule has 0 aliphatic rings. The summed E-state index contributed by atoms with van der Waals surface area (Å²) in [6.07, 6.45) is 1.67. The standard InChI is InChI=1S/C7H6BBrN2O2/c9-6-1-4(8(12)13)2-7-5(6)3-10-11-7/h1-3,12-13H,(H,10,11). The Morgan fingerprint density at radius 2 is 2.15 bits per heavy atom. The highest BCUT2D eigenvalue weighted by Crippen LogP contribution is 2.20. The zero-order chi connectivity index (χ0) is 9.42. The first-order valence-corrected chi connectivity index (χ1v) is 4.46. The molecule has 6 heteroatoms. The van der Waals surface area contributed by atoms with Gasteiger partial charge < -0.3 is 10.0 Å². The van der Waals surface area contributed by atoms with E-state index in [1.807, 2.05) is 0 Å². The number of fused-ring (bicyclic) bond motifs is 1. The highest BCUT2D eigenvalue weighted by atomic mass is 79.9. The Kier molecular flexibility index (Phi) is 2.11. The Morgan fingerprint density at radius 3 is 2.85 bits per heavy atom. The van der Waals surface area contributed by atoms with Gasteiger partial charge in [-0.3, -0.25) is 5.10 Å². The number of H-pyrrole nitrogens is 1. The second-order valence-electron chi connectivity index (χ2n) is 2.71. The van der Waals surface area contributed by atoms with Crippen LogP contribution >= 0.6 is 15.9 Å². The normalized spacial score (nSPS) is 10.7. The molecule has 0 atom stereocenters. The molecule has 0 radical (unpaired) electrons. The van der Waals surface area contributed by atoms with Crippen molar-refractivity contribution in [1.29, 1.82) is 0 Å². The highest BCUT2D eigenvalue weighted by molar-refractivity contribution is 9.10. The lowest BCUT2D eigenvalue weighted by atomic mass is 9.80. The van der Waals surface area contributed by atoms with E-state index in [2.05, 4.69) is 26.1 Å². The zero-order valence-corrected chi connectivity index (χ0v) is 8.12. The van der Waals surface area contributed by atoms with Gasteiger partial charge in [-0.25, -0.2) is 0 Å². The van der Waals surface area contributed by atoms with Crippen molar-refractivity contribution >= 4 is 39.4 Å². The summed E-state index contributed by atoms with van der Waals surface area (Å²) in [6, 6.07) is 3.31. The number of halogens is 1. The second kappa shape index (κ2) is 3.14. The van der Waals surface area contributed by atoms with Crippen molar-refractivity contribution in [3.8, 4) is 0 Å². The van der Waals surface area contributed by atoms with E-state index in [1.54, 1.807) is 18.3 Å². The molecule has 1 aromatic carbocycles. The average Bonchev–Trinajstić information content (AvgIpc) is 2.51. The SMILES string of the molecule is OB(O)c1cc(Br)c2cn[nH]c2c1. The van der Waals surface area contributed by atoms with Gasteiger partial charge in [0.05, 0.1) is 11.7 Å². The molecule has 0 bridgehead atoms. The summed E-state index contributed by atoms with van der Waals surface area (Å²) in [5.74, 6) is 0. The van der Waals surface area contributed by atoms with Crippen LogP contribution < -0.4 is 5.46 Å². The minimum absolute atomic E-state index is 0.434. The molecule has 0 saturated carbocycles. The van der Waals surface area contributed by atoms with Crippen molar-refractivity contribution in [2.45, 2.75) is 0 Å². The van der Waals surface area contributed by atoms with Gasteiger partial charge in [0.2, 0.25) is 0 Å². The number of rotatable bonds is 1. The summed E-state index contributed by atoms with van der Waals surface area (Å²) in [7, 11) is -1.45. The van der Waals surface area contributed by atoms with Crippen molar-refractivity contribution < 1.29 is 10.0 Å². The zero-order valence-electron chi connectivity index (χ0n) is 6.53. The monoisotopic (exact) mass is 240 g/mol. The van der Waals surface area contributed by atoms with Crippen LogP contribution in [-0.2, 0) is 0 Å². The van der Waals surface area contributed by atoms with E-state index in [0.717, 1.165) is 15.4 Å². The second-order valence-corrected chi connectivity index (χ2v) is 3.56. The molecule has 1 aromatic heterocycles. The lowest BCUT2D eigenvalue weighted by Gasteiger charge is -2.00. The first kappa shape index (κ1) is 8.74. The average molecular weight is 241 g/mol. The van der Waals surface area contributed by atoms with Gasteiger partial charge in [-0.15, -0.1) is 0 Å². The molecule has 0 aliphatic heterocycles. The maximum atomic E-state index is 8.95. The fourth-order valence-corrected chi connectivity index (χ4v) is 1.76. The number of hydrogen-bond donors (Lipinski definition) is 3. The van der Waals surface area contributed by atoms with Crippen LogP contribution in [0.2, 0.25) is 0 Å². The maximum absolute atomic E-state index is 8.95. The fourth-order valence-electron chi connectivity index (χ4n) is 1.18. The Morgan fingerprint density at radius 1 is 1.38 bits per heavy atom. The maximum Gasteiger partial charge on any atom is 0.488 e. The molecule has 13 heavy (non-hydrogen) atoms. The molecule has 0 fully saturated rings. The van der Waals surface area contributed by atoms with E-state index < -0.39 is 7.12 Å². The molecule has 0 aliphatic carbocycles. The van der Waals surface area contributed by atoms with Crippen LogP contribution in [0.3, 0.4) is 0 Å². The van der Waals surface area contributed by atoms with Crippen LogP contribution in [-0.4, -0.2) is 27.4 Å². The van der Waals surface area contributed by atoms with Crippen LogP contribution in [0, 0.1) is 0 Å². The smallest absolute Gasteiger partial charge is 0.423 e. The predicted molar refractivity (Wildman–Crippen MR) is 53.6 cm³/mol. The summed E-state index contributed by atoms with van der Waals surface area (Å²) < 4.78 is 0.793. The van der Waals surface area contributed by atoms with Crippen LogP contribution in [0.25, 0.3) is 10.9 Å². The van der Waals surface area contributed by atoms with Crippen molar-refractivity contribution in [2.75, 3.05) is 0 Å². The number of aromatic nitrogens is 2. The molecule has 66 valence electrons. The molecule has 0 saturated heterocycles. The van der Waals surface area contributed by atoms with E-state index in [1.165, 1.54) is 0 Å². The first-order valence-electron chi connectivity index (χ1n) is 3.67. The fraction of sp³-hybridized carbons (Fsp3) is 0. The summed E-state index contributed by atoms with van der Waals surface area (Å²) >= 11 is 3.31. The number of hydrogen-bond acceptors (Lipinski definition) is 3. The largest absolute Gasteiger partial charge is 0.488 e. The van der Waals surface area contributed by atoms with Gasteiger partial charge in [0.15, 0.2) is 0 Å². The topological polar surface area (TPSA) is 69.1 Å². The highest BCUT2D eigenvalue weighted by Gasteiger charge is 2.13. The van der Waals surface area contributed by atoms with Crippen LogP contribution in [0.4, 0.5) is 0 Å². The number of benzene rings is 1. The summed E-state index contributed by atoms with van der Waals surface area (Å²) in [4.78, 5) is 0. The Hall–Kier alpha value is -0.845. The van der Waals surface area contributed by atoms with Gasteiger partial charge >= 0.3 is 7.12 Å². The van der Waals surface area contributed by atoms with Crippen LogP contribution in [0.5, 0.6) is 0 Å². The Bertz CT molecular complexity index is 443. The first-order chi connectivity index (χ1) is 6.18. The molecule has 1 heterocycles. The quantitative estimate of drug-likeness (QED) is 0.615. The van der Waals surface area contributed by atoms with E-state index in [9.17, 15) is 0 Å². The predicted octanol–water partition coefficient (Wildman–Crippen LogP) is 0.00520. The Balaban J connectivity index is 2.70. The van der Waals surface area contributed by atoms with Crippen molar-refractivity contribution in [3.05, 3.63) is 22.8 Å². The van der Waals surface area contributed by atoms with Gasteiger partial charge in [-0.05, 0) is 17.6 Å². The van der Waals surface area contributed by atoms with Crippen molar-refractivity contribution in [2.24, 2.45) is 0 Å². The molecule has 4 nitrogen and oxygen atoms in total. The third kappa shape index (κ3) is 1.48. The summed E-state index contributed by atoms with van der Waals surface area (Å²) in [5, 5.41) is 25.4. The van der Waals surface area contributed by atoms with E-state index >= 15 is 0 Å². The Labute approximate surface area is 82.9 Å². The minimum atomic E-state index is -1.45. The third-order valence-corrected chi connectivity index (χ3v) is 2.48. The number of aromatic amines is 1. The molecule has 0 amide bonds. The molecule has 0 unspecified atom stereocenters. The molecule has 3 N–H and O–H groups in total. The van der Waals surface area contributed by atoms with Crippen molar-refractivity contribution in [1.82, 2.24) is 10.2 Å². The number of nitrogens with one attached hydrogen (secondary N) is 1. The molecular formula is C7H6BBrN2O2. The molecule has 0 spiro atoms. The van der Waals surface area contributed by atoms with Crippen molar-refractivity contribution in [3.63, 3.8) is 0 Å².